The first kappa shape index (κ1) is 12.0. The van der Waals surface area contributed by atoms with E-state index in [2.05, 4.69) is 37.3 Å². The summed E-state index contributed by atoms with van der Waals surface area (Å²) in [5, 5.41) is 3.36. The van der Waals surface area contributed by atoms with Gasteiger partial charge in [0.05, 0.1) is 6.26 Å². The second-order valence-corrected chi connectivity index (χ2v) is 3.89. The Balaban J connectivity index is 2.12. The highest BCUT2D eigenvalue weighted by molar-refractivity contribution is 5.42. The fourth-order valence-electron chi connectivity index (χ4n) is 1.12. The van der Waals surface area contributed by atoms with Crippen molar-refractivity contribution in [1.82, 2.24) is 10.2 Å². The van der Waals surface area contributed by atoms with Crippen LogP contribution < -0.4 is 5.32 Å². The van der Waals surface area contributed by atoms with Gasteiger partial charge in [-0.2, -0.15) is 0 Å². The Labute approximate surface area is 91.8 Å². The van der Waals surface area contributed by atoms with Gasteiger partial charge in [0, 0.05) is 19.1 Å². The molecule has 1 aromatic rings. The van der Waals surface area contributed by atoms with Gasteiger partial charge in [-0.25, -0.2) is 0 Å². The molecule has 0 aromatic carbocycles. The maximum absolute atomic E-state index is 5.18. The number of furan rings is 1. The van der Waals surface area contributed by atoms with E-state index in [9.17, 15) is 0 Å². The Bertz CT molecular complexity index is 278. The van der Waals surface area contributed by atoms with Gasteiger partial charge in [-0.1, -0.05) is 6.08 Å². The van der Waals surface area contributed by atoms with Crippen molar-refractivity contribution >= 4 is 6.08 Å². The standard InChI is InChI=1S/C12H20N2O/c1-11(14(2)3)10-13-8-4-6-12-7-5-9-15-12/h4-7,9,11,13H,8,10H2,1-3H3/b6-4+. The largest absolute Gasteiger partial charge is 0.465 e. The number of nitrogens with one attached hydrogen (secondary N) is 1. The summed E-state index contributed by atoms with van der Waals surface area (Å²) in [7, 11) is 4.18. The topological polar surface area (TPSA) is 28.4 Å². The van der Waals surface area contributed by atoms with Gasteiger partial charge in [0.2, 0.25) is 0 Å². The molecule has 0 fully saturated rings. The first-order chi connectivity index (χ1) is 7.20. The summed E-state index contributed by atoms with van der Waals surface area (Å²) in [6, 6.07) is 4.39. The zero-order valence-corrected chi connectivity index (χ0v) is 9.73. The predicted molar refractivity (Wildman–Crippen MR) is 63.8 cm³/mol. The molecule has 0 spiro atoms. The molecule has 84 valence electrons. The minimum atomic E-state index is 0.557. The molecule has 0 aliphatic carbocycles. The molecule has 1 aromatic heterocycles. The first-order valence-corrected chi connectivity index (χ1v) is 5.27. The van der Waals surface area contributed by atoms with E-state index in [1.54, 1.807) is 6.26 Å². The third-order valence-electron chi connectivity index (χ3n) is 2.41. The molecule has 0 saturated carbocycles. The molecule has 0 saturated heterocycles. The molecule has 1 atom stereocenters. The second-order valence-electron chi connectivity index (χ2n) is 3.89. The van der Waals surface area contributed by atoms with Crippen LogP contribution in [0.2, 0.25) is 0 Å². The molecule has 1 N–H and O–H groups in total. The Morgan fingerprint density at radius 2 is 2.33 bits per heavy atom. The molecule has 0 aliphatic heterocycles. The normalized spacial score (nSPS) is 13.9. The molecule has 0 bridgehead atoms. The molecule has 0 radical (unpaired) electrons. The summed E-state index contributed by atoms with van der Waals surface area (Å²) in [6.45, 7) is 4.07. The Morgan fingerprint density at radius 1 is 1.53 bits per heavy atom. The molecule has 15 heavy (non-hydrogen) atoms. The fraction of sp³-hybridized carbons (Fsp3) is 0.500. The molecule has 1 unspecified atom stereocenters. The van der Waals surface area contributed by atoms with Crippen molar-refractivity contribution in [3.8, 4) is 0 Å². The highest BCUT2D eigenvalue weighted by atomic mass is 16.3. The summed E-state index contributed by atoms with van der Waals surface area (Å²) in [4.78, 5) is 2.20. The number of hydrogen-bond acceptors (Lipinski definition) is 3. The highest BCUT2D eigenvalue weighted by Crippen LogP contribution is 2.01. The molecule has 0 aliphatic rings. The lowest BCUT2D eigenvalue weighted by Crippen LogP contribution is -2.35. The molecule has 3 nitrogen and oxygen atoms in total. The smallest absolute Gasteiger partial charge is 0.126 e. The Morgan fingerprint density at radius 3 is 2.93 bits per heavy atom. The molecular weight excluding hydrogens is 188 g/mol. The average Bonchev–Trinajstić information content (AvgIpc) is 2.69. The maximum Gasteiger partial charge on any atom is 0.126 e. The van der Waals surface area contributed by atoms with Crippen molar-refractivity contribution in [2.24, 2.45) is 0 Å². The number of likely N-dealkylation sites (N-methyl/N-ethyl adjacent to an activating group) is 1. The molecule has 3 heteroatoms. The van der Waals surface area contributed by atoms with E-state index in [0.717, 1.165) is 18.8 Å². The van der Waals surface area contributed by atoms with Gasteiger partial charge in [-0.15, -0.1) is 0 Å². The molecular formula is C12H20N2O. The summed E-state index contributed by atoms with van der Waals surface area (Å²) in [5.41, 5.74) is 0. The van der Waals surface area contributed by atoms with Crippen LogP contribution in [-0.4, -0.2) is 38.1 Å². The van der Waals surface area contributed by atoms with Crippen molar-refractivity contribution in [3.63, 3.8) is 0 Å². The quantitative estimate of drug-likeness (QED) is 0.723. The van der Waals surface area contributed by atoms with Gasteiger partial charge in [-0.05, 0) is 39.2 Å². The van der Waals surface area contributed by atoms with Crippen LogP contribution >= 0.6 is 0 Å². The van der Waals surface area contributed by atoms with Crippen molar-refractivity contribution in [2.75, 3.05) is 27.2 Å². The fourth-order valence-corrected chi connectivity index (χ4v) is 1.12. The van der Waals surface area contributed by atoms with Crippen LogP contribution in [0.4, 0.5) is 0 Å². The van der Waals surface area contributed by atoms with Crippen LogP contribution in [0.1, 0.15) is 12.7 Å². The van der Waals surface area contributed by atoms with Gasteiger partial charge in [0.1, 0.15) is 5.76 Å². The summed E-state index contributed by atoms with van der Waals surface area (Å²) in [6.07, 6.45) is 5.73. The van der Waals surface area contributed by atoms with Crippen LogP contribution in [0.25, 0.3) is 6.08 Å². The van der Waals surface area contributed by atoms with E-state index in [4.69, 9.17) is 4.42 Å². The van der Waals surface area contributed by atoms with Crippen LogP contribution in [0.15, 0.2) is 28.9 Å². The SMILES string of the molecule is CC(CNC/C=C/c1ccco1)N(C)C. The highest BCUT2D eigenvalue weighted by Gasteiger charge is 2.01. The van der Waals surface area contributed by atoms with Crippen molar-refractivity contribution < 1.29 is 4.42 Å². The summed E-state index contributed by atoms with van der Waals surface area (Å²) < 4.78 is 5.18. The van der Waals surface area contributed by atoms with E-state index >= 15 is 0 Å². The van der Waals surface area contributed by atoms with Crippen LogP contribution in [0, 0.1) is 0 Å². The van der Waals surface area contributed by atoms with Crippen molar-refractivity contribution in [2.45, 2.75) is 13.0 Å². The van der Waals surface area contributed by atoms with E-state index in [1.807, 2.05) is 18.2 Å². The number of hydrogen-bond donors (Lipinski definition) is 1. The lowest BCUT2D eigenvalue weighted by molar-refractivity contribution is 0.306. The Kier molecular flexibility index (Phi) is 5.15. The van der Waals surface area contributed by atoms with Crippen LogP contribution in [-0.2, 0) is 0 Å². The monoisotopic (exact) mass is 208 g/mol. The zero-order chi connectivity index (χ0) is 11.1. The Hall–Kier alpha value is -1.06. The molecule has 1 heterocycles. The minimum Gasteiger partial charge on any atom is -0.465 e. The lowest BCUT2D eigenvalue weighted by atomic mass is 10.3. The van der Waals surface area contributed by atoms with E-state index < -0.39 is 0 Å². The van der Waals surface area contributed by atoms with Gasteiger partial charge in [0.15, 0.2) is 0 Å². The molecule has 0 amide bonds. The molecule has 1 rings (SSSR count). The second kappa shape index (κ2) is 6.43. The average molecular weight is 208 g/mol. The van der Waals surface area contributed by atoms with E-state index in [1.165, 1.54) is 0 Å². The maximum atomic E-state index is 5.18. The third-order valence-corrected chi connectivity index (χ3v) is 2.41. The van der Waals surface area contributed by atoms with Gasteiger partial charge < -0.3 is 14.6 Å². The van der Waals surface area contributed by atoms with Crippen LogP contribution in [0.3, 0.4) is 0 Å². The predicted octanol–water partition coefficient (Wildman–Crippen LogP) is 1.83. The minimum absolute atomic E-state index is 0.557. The van der Waals surface area contributed by atoms with Gasteiger partial charge in [0.25, 0.3) is 0 Å². The van der Waals surface area contributed by atoms with Crippen molar-refractivity contribution in [1.29, 1.82) is 0 Å². The summed E-state index contributed by atoms with van der Waals surface area (Å²) in [5.74, 6) is 0.900. The third kappa shape index (κ3) is 4.81. The van der Waals surface area contributed by atoms with Crippen molar-refractivity contribution in [3.05, 3.63) is 30.2 Å². The van der Waals surface area contributed by atoms with E-state index in [-0.39, 0.29) is 0 Å². The number of rotatable bonds is 6. The zero-order valence-electron chi connectivity index (χ0n) is 9.73. The first-order valence-electron chi connectivity index (χ1n) is 5.27. The van der Waals surface area contributed by atoms with Gasteiger partial charge in [-0.3, -0.25) is 0 Å². The van der Waals surface area contributed by atoms with Crippen LogP contribution in [0.5, 0.6) is 0 Å². The van der Waals surface area contributed by atoms with E-state index in [0.29, 0.717) is 6.04 Å². The lowest BCUT2D eigenvalue weighted by Gasteiger charge is -2.19. The number of nitrogens with zero attached hydrogens (tertiary/aromatic N) is 1. The van der Waals surface area contributed by atoms with Gasteiger partial charge >= 0.3 is 0 Å². The summed E-state index contributed by atoms with van der Waals surface area (Å²) >= 11 is 0.